The number of ether oxygens (including phenoxy) is 1. The molecule has 0 spiro atoms. The molecule has 0 aliphatic heterocycles. The first-order valence-corrected chi connectivity index (χ1v) is 6.43. The van der Waals surface area contributed by atoms with Gasteiger partial charge in [-0.15, -0.1) is 0 Å². The molecule has 2 N–H and O–H groups in total. The molecule has 0 atom stereocenters. The lowest BCUT2D eigenvalue weighted by Crippen LogP contribution is -2.00. The first kappa shape index (κ1) is 13.2. The maximum absolute atomic E-state index is 12.3. The second-order valence-electron chi connectivity index (χ2n) is 4.82. The van der Waals surface area contributed by atoms with Crippen LogP contribution in [0.4, 0.5) is 0 Å². The van der Waals surface area contributed by atoms with Crippen molar-refractivity contribution in [3.8, 4) is 5.75 Å². The SMILES string of the molecule is COC(=O)c1cc(/C=C2\Cc3c(O)cccc3C2=O)c[nH]1. The van der Waals surface area contributed by atoms with Crippen molar-refractivity contribution in [3.05, 3.63) is 58.4 Å². The number of hydrogen-bond donors (Lipinski definition) is 2. The molecule has 3 rings (SSSR count). The van der Waals surface area contributed by atoms with Gasteiger partial charge in [-0.2, -0.15) is 0 Å². The Kier molecular flexibility index (Phi) is 3.10. The van der Waals surface area contributed by atoms with Crippen LogP contribution in [0.25, 0.3) is 6.08 Å². The number of fused-ring (bicyclic) bond motifs is 1. The van der Waals surface area contributed by atoms with Crippen molar-refractivity contribution in [1.29, 1.82) is 0 Å². The maximum Gasteiger partial charge on any atom is 0.354 e. The Morgan fingerprint density at radius 2 is 2.24 bits per heavy atom. The number of allylic oxidation sites excluding steroid dienone is 1. The highest BCUT2D eigenvalue weighted by atomic mass is 16.5. The minimum Gasteiger partial charge on any atom is -0.508 e. The van der Waals surface area contributed by atoms with Gasteiger partial charge in [-0.1, -0.05) is 12.1 Å². The number of aromatic amines is 1. The number of benzene rings is 1. The summed E-state index contributed by atoms with van der Waals surface area (Å²) in [5, 5.41) is 9.79. The number of carbonyl (C=O) groups excluding carboxylic acids is 2. The number of rotatable bonds is 2. The molecule has 1 aliphatic rings. The van der Waals surface area contributed by atoms with Crippen molar-refractivity contribution in [2.45, 2.75) is 6.42 Å². The van der Waals surface area contributed by atoms with E-state index in [0.717, 1.165) is 0 Å². The van der Waals surface area contributed by atoms with Crippen LogP contribution < -0.4 is 0 Å². The van der Waals surface area contributed by atoms with Crippen LogP contribution >= 0.6 is 0 Å². The second kappa shape index (κ2) is 4.94. The standard InChI is InChI=1S/C16H13NO4/c1-21-16(20)13-6-9(8-17-13)5-10-7-12-11(15(10)19)3-2-4-14(12)18/h2-6,8,17-18H,7H2,1H3/b10-5+. The molecule has 0 radical (unpaired) electrons. The van der Waals surface area contributed by atoms with Gasteiger partial charge in [-0.05, 0) is 23.8 Å². The van der Waals surface area contributed by atoms with E-state index in [0.29, 0.717) is 34.4 Å². The minimum atomic E-state index is -0.460. The van der Waals surface area contributed by atoms with E-state index in [1.54, 1.807) is 36.5 Å². The summed E-state index contributed by atoms with van der Waals surface area (Å²) in [6.07, 6.45) is 3.74. The summed E-state index contributed by atoms with van der Waals surface area (Å²) < 4.78 is 4.62. The third kappa shape index (κ3) is 2.23. The average Bonchev–Trinajstić information content (AvgIpc) is 3.06. The number of phenolic OH excluding ortho intramolecular Hbond substituents is 1. The van der Waals surface area contributed by atoms with Crippen LogP contribution in [0.5, 0.6) is 5.75 Å². The van der Waals surface area contributed by atoms with Crippen LogP contribution in [0.2, 0.25) is 0 Å². The third-order valence-corrected chi connectivity index (χ3v) is 3.51. The van der Waals surface area contributed by atoms with Gasteiger partial charge in [0.2, 0.25) is 0 Å². The first-order chi connectivity index (χ1) is 10.1. The van der Waals surface area contributed by atoms with E-state index in [1.807, 2.05) is 0 Å². The highest BCUT2D eigenvalue weighted by Crippen LogP contribution is 2.33. The fourth-order valence-electron chi connectivity index (χ4n) is 2.46. The van der Waals surface area contributed by atoms with Gasteiger partial charge in [0.05, 0.1) is 7.11 Å². The van der Waals surface area contributed by atoms with Gasteiger partial charge in [0.15, 0.2) is 5.78 Å². The smallest absolute Gasteiger partial charge is 0.354 e. The Morgan fingerprint density at radius 3 is 2.95 bits per heavy atom. The summed E-state index contributed by atoms with van der Waals surface area (Å²) in [6, 6.07) is 6.55. The number of esters is 1. The molecular formula is C16H13NO4. The summed E-state index contributed by atoms with van der Waals surface area (Å²) in [6.45, 7) is 0. The molecule has 21 heavy (non-hydrogen) atoms. The number of phenols is 1. The number of aromatic hydroxyl groups is 1. The van der Waals surface area contributed by atoms with Crippen molar-refractivity contribution in [2.75, 3.05) is 7.11 Å². The molecule has 1 aromatic heterocycles. The molecule has 0 unspecified atom stereocenters. The summed E-state index contributed by atoms with van der Waals surface area (Å²) in [4.78, 5) is 26.4. The van der Waals surface area contributed by atoms with Crippen LogP contribution in [0.3, 0.4) is 0 Å². The monoisotopic (exact) mass is 283 g/mol. The Hall–Kier alpha value is -2.82. The van der Waals surface area contributed by atoms with E-state index >= 15 is 0 Å². The van der Waals surface area contributed by atoms with Crippen molar-refractivity contribution < 1.29 is 19.4 Å². The predicted molar refractivity (Wildman–Crippen MR) is 76.3 cm³/mol. The number of H-pyrrole nitrogens is 1. The van der Waals surface area contributed by atoms with Gasteiger partial charge in [-0.3, -0.25) is 4.79 Å². The largest absolute Gasteiger partial charge is 0.508 e. The molecular weight excluding hydrogens is 270 g/mol. The van der Waals surface area contributed by atoms with Gasteiger partial charge in [0.1, 0.15) is 11.4 Å². The maximum atomic E-state index is 12.3. The zero-order valence-corrected chi connectivity index (χ0v) is 11.3. The molecule has 0 saturated heterocycles. The minimum absolute atomic E-state index is 0.0956. The van der Waals surface area contributed by atoms with Gasteiger partial charge in [0, 0.05) is 29.3 Å². The van der Waals surface area contributed by atoms with Crippen LogP contribution in [-0.2, 0) is 11.2 Å². The number of hydrogen-bond acceptors (Lipinski definition) is 4. The van der Waals surface area contributed by atoms with Crippen LogP contribution in [-0.4, -0.2) is 29.0 Å². The molecule has 5 nitrogen and oxygen atoms in total. The van der Waals surface area contributed by atoms with Gasteiger partial charge in [-0.25, -0.2) is 4.79 Å². The second-order valence-corrected chi connectivity index (χ2v) is 4.82. The van der Waals surface area contributed by atoms with Crippen LogP contribution in [0.15, 0.2) is 36.0 Å². The lowest BCUT2D eigenvalue weighted by Gasteiger charge is -1.97. The highest BCUT2D eigenvalue weighted by molar-refractivity contribution is 6.16. The van der Waals surface area contributed by atoms with E-state index in [4.69, 9.17) is 0 Å². The number of Topliss-reactive ketones (excluding diaryl/α,β-unsaturated/α-hetero) is 1. The van der Waals surface area contributed by atoms with E-state index in [2.05, 4.69) is 9.72 Å². The van der Waals surface area contributed by atoms with E-state index in [9.17, 15) is 14.7 Å². The number of aromatic nitrogens is 1. The number of methoxy groups -OCH3 is 1. The van der Waals surface area contributed by atoms with Crippen molar-refractivity contribution in [1.82, 2.24) is 4.98 Å². The molecule has 1 aliphatic carbocycles. The van der Waals surface area contributed by atoms with Gasteiger partial charge >= 0.3 is 5.97 Å². The van der Waals surface area contributed by atoms with E-state index in [1.165, 1.54) is 7.11 Å². The Balaban J connectivity index is 1.93. The normalized spacial score (nSPS) is 15.3. The zero-order valence-electron chi connectivity index (χ0n) is 11.3. The topological polar surface area (TPSA) is 79.4 Å². The number of ketones is 1. The third-order valence-electron chi connectivity index (χ3n) is 3.51. The predicted octanol–water partition coefficient (Wildman–Crippen LogP) is 2.33. The molecule has 0 amide bonds. The molecule has 0 bridgehead atoms. The van der Waals surface area contributed by atoms with Gasteiger partial charge in [0.25, 0.3) is 0 Å². The summed E-state index contributed by atoms with van der Waals surface area (Å²) >= 11 is 0. The Bertz CT molecular complexity index is 770. The number of carbonyl (C=O) groups is 2. The zero-order chi connectivity index (χ0) is 15.0. The average molecular weight is 283 g/mol. The first-order valence-electron chi connectivity index (χ1n) is 6.43. The van der Waals surface area contributed by atoms with E-state index < -0.39 is 5.97 Å². The fraction of sp³-hybridized carbons (Fsp3) is 0.125. The quantitative estimate of drug-likeness (QED) is 0.655. The molecule has 106 valence electrons. The molecule has 2 aromatic rings. The summed E-state index contributed by atoms with van der Waals surface area (Å²) in [7, 11) is 1.31. The van der Waals surface area contributed by atoms with E-state index in [-0.39, 0.29) is 11.5 Å². The molecule has 0 fully saturated rings. The Morgan fingerprint density at radius 1 is 1.43 bits per heavy atom. The van der Waals surface area contributed by atoms with Crippen LogP contribution in [0.1, 0.15) is 32.0 Å². The molecule has 1 aromatic carbocycles. The lowest BCUT2D eigenvalue weighted by molar-refractivity contribution is 0.0594. The molecule has 1 heterocycles. The highest BCUT2D eigenvalue weighted by Gasteiger charge is 2.26. The van der Waals surface area contributed by atoms with Crippen molar-refractivity contribution in [3.63, 3.8) is 0 Å². The van der Waals surface area contributed by atoms with Crippen LogP contribution in [0, 0.1) is 0 Å². The lowest BCUT2D eigenvalue weighted by atomic mass is 10.1. The van der Waals surface area contributed by atoms with Gasteiger partial charge < -0.3 is 14.8 Å². The van der Waals surface area contributed by atoms with Crippen molar-refractivity contribution >= 4 is 17.8 Å². The fourth-order valence-corrected chi connectivity index (χ4v) is 2.46. The molecule has 5 heteroatoms. The number of nitrogens with one attached hydrogen (secondary N) is 1. The summed E-state index contributed by atoms with van der Waals surface area (Å²) in [5.41, 5.74) is 2.81. The summed E-state index contributed by atoms with van der Waals surface area (Å²) in [5.74, 6) is -0.423. The molecule has 0 saturated carbocycles. The van der Waals surface area contributed by atoms with Crippen molar-refractivity contribution in [2.24, 2.45) is 0 Å². The Labute approximate surface area is 120 Å².